The van der Waals surface area contributed by atoms with Crippen LogP contribution in [-0.4, -0.2) is 30.1 Å². The summed E-state index contributed by atoms with van der Waals surface area (Å²) in [6.07, 6.45) is -1.25. The molecule has 0 aliphatic heterocycles. The Kier molecular flexibility index (Phi) is 3.37. The van der Waals surface area contributed by atoms with Crippen LogP contribution < -0.4 is 0 Å². The van der Waals surface area contributed by atoms with E-state index in [-0.39, 0.29) is 0 Å². The van der Waals surface area contributed by atoms with Crippen LogP contribution in [0.25, 0.3) is 33.2 Å². The summed E-state index contributed by atoms with van der Waals surface area (Å²) in [4.78, 5) is 15.0. The van der Waals surface area contributed by atoms with Crippen molar-refractivity contribution in [3.63, 3.8) is 0 Å². The van der Waals surface area contributed by atoms with Crippen molar-refractivity contribution in [3.05, 3.63) is 48.0 Å². The molecule has 0 aliphatic rings. The Morgan fingerprint density at radius 3 is 1.54 bits per heavy atom. The van der Waals surface area contributed by atoms with Crippen LogP contribution in [0.4, 0.5) is 0 Å². The van der Waals surface area contributed by atoms with Gasteiger partial charge in [0.25, 0.3) is 0 Å². The van der Waals surface area contributed by atoms with Gasteiger partial charge >= 0.3 is 0 Å². The zero-order valence-corrected chi connectivity index (χ0v) is 13.4. The van der Waals surface area contributed by atoms with Crippen LogP contribution in [0.15, 0.2) is 36.4 Å². The number of benzene rings is 2. The summed E-state index contributed by atoms with van der Waals surface area (Å²) in [5.74, 6) is 1.13. The van der Waals surface area contributed by atoms with Crippen molar-refractivity contribution in [2.45, 2.75) is 26.1 Å². The van der Waals surface area contributed by atoms with Gasteiger partial charge in [-0.1, -0.05) is 12.1 Å². The average Bonchev–Trinajstić information content (AvgIpc) is 3.17. The predicted octanol–water partition coefficient (Wildman–Crippen LogP) is 3.21. The van der Waals surface area contributed by atoms with E-state index < -0.39 is 12.2 Å². The quantitative estimate of drug-likeness (QED) is 0.465. The first-order valence-corrected chi connectivity index (χ1v) is 7.87. The van der Waals surface area contributed by atoms with Gasteiger partial charge in [-0.2, -0.15) is 0 Å². The lowest BCUT2D eigenvalue weighted by Gasteiger charge is -2.02. The van der Waals surface area contributed by atoms with Gasteiger partial charge in [-0.25, -0.2) is 9.97 Å². The van der Waals surface area contributed by atoms with E-state index in [2.05, 4.69) is 19.9 Å². The normalized spacial score (nSPS) is 14.3. The van der Waals surface area contributed by atoms with Gasteiger partial charge in [0.1, 0.15) is 23.9 Å². The van der Waals surface area contributed by atoms with E-state index in [0.29, 0.717) is 11.6 Å². The number of hydrogen-bond donors (Lipinski definition) is 4. The number of nitrogens with one attached hydrogen (secondary N) is 2. The number of imidazole rings is 2. The molecule has 4 N–H and O–H groups in total. The smallest absolute Gasteiger partial charge is 0.135 e. The number of aliphatic hydroxyl groups is 2. The summed E-state index contributed by atoms with van der Waals surface area (Å²) in [6, 6.07) is 11.9. The monoisotopic (exact) mass is 322 g/mol. The Labute approximate surface area is 138 Å². The molecule has 4 aromatic rings. The molecule has 0 amide bonds. The first-order valence-electron chi connectivity index (χ1n) is 7.87. The molecule has 0 unspecified atom stereocenters. The van der Waals surface area contributed by atoms with Gasteiger partial charge < -0.3 is 20.2 Å². The lowest BCUT2D eigenvalue weighted by Crippen LogP contribution is -1.92. The number of aromatic nitrogens is 4. The first kappa shape index (κ1) is 14.9. The zero-order valence-electron chi connectivity index (χ0n) is 13.4. The highest BCUT2D eigenvalue weighted by atomic mass is 16.3. The van der Waals surface area contributed by atoms with Crippen molar-refractivity contribution >= 4 is 22.1 Å². The molecule has 0 aliphatic carbocycles. The minimum atomic E-state index is -0.624. The largest absolute Gasteiger partial charge is 0.385 e. The van der Waals surface area contributed by atoms with E-state index in [9.17, 15) is 10.2 Å². The van der Waals surface area contributed by atoms with Crippen molar-refractivity contribution in [3.8, 4) is 11.1 Å². The summed E-state index contributed by atoms with van der Waals surface area (Å²) < 4.78 is 0. The van der Waals surface area contributed by atoms with Gasteiger partial charge in [0, 0.05) is 0 Å². The molecular weight excluding hydrogens is 304 g/mol. The van der Waals surface area contributed by atoms with Crippen molar-refractivity contribution in [2.24, 2.45) is 0 Å². The van der Waals surface area contributed by atoms with Crippen molar-refractivity contribution in [1.29, 1.82) is 0 Å². The Balaban J connectivity index is 1.79. The summed E-state index contributed by atoms with van der Waals surface area (Å²) in [6.45, 7) is 3.37. The third-order valence-corrected chi connectivity index (χ3v) is 4.13. The summed E-state index contributed by atoms with van der Waals surface area (Å²) in [5, 5.41) is 19.3. The number of aliphatic hydroxyl groups excluding tert-OH is 2. The molecule has 2 atom stereocenters. The second kappa shape index (κ2) is 5.43. The summed E-state index contributed by atoms with van der Waals surface area (Å²) >= 11 is 0. The van der Waals surface area contributed by atoms with Gasteiger partial charge in [0.2, 0.25) is 0 Å². The van der Waals surface area contributed by atoms with E-state index in [1.165, 1.54) is 0 Å². The van der Waals surface area contributed by atoms with Gasteiger partial charge in [-0.05, 0) is 49.2 Å². The highest BCUT2D eigenvalue weighted by Gasteiger charge is 2.11. The molecule has 24 heavy (non-hydrogen) atoms. The molecule has 122 valence electrons. The fourth-order valence-corrected chi connectivity index (χ4v) is 2.81. The van der Waals surface area contributed by atoms with Crippen LogP contribution in [0.5, 0.6) is 0 Å². The molecule has 0 bridgehead atoms. The molecule has 0 spiro atoms. The minimum Gasteiger partial charge on any atom is -0.385 e. The van der Waals surface area contributed by atoms with Gasteiger partial charge in [-0.3, -0.25) is 0 Å². The van der Waals surface area contributed by atoms with E-state index in [1.54, 1.807) is 13.8 Å². The van der Waals surface area contributed by atoms with Crippen LogP contribution in [0.3, 0.4) is 0 Å². The third kappa shape index (κ3) is 2.46. The maximum Gasteiger partial charge on any atom is 0.135 e. The van der Waals surface area contributed by atoms with Crippen LogP contribution >= 0.6 is 0 Å². The van der Waals surface area contributed by atoms with E-state index >= 15 is 0 Å². The van der Waals surface area contributed by atoms with Crippen LogP contribution in [0, 0.1) is 0 Å². The van der Waals surface area contributed by atoms with Crippen LogP contribution in [0.2, 0.25) is 0 Å². The second-order valence-electron chi connectivity index (χ2n) is 6.06. The van der Waals surface area contributed by atoms with E-state index in [0.717, 1.165) is 33.2 Å². The lowest BCUT2D eigenvalue weighted by atomic mass is 10.0. The van der Waals surface area contributed by atoms with Gasteiger partial charge in [0.05, 0.1) is 22.1 Å². The SMILES string of the molecule is C[C@H](O)c1nc2ccc(-c3ccc4nc([C@@H](C)O)[nH]c4c3)cc2[nH]1. The van der Waals surface area contributed by atoms with Crippen molar-refractivity contribution < 1.29 is 10.2 Å². The molecule has 0 saturated heterocycles. The third-order valence-electron chi connectivity index (χ3n) is 4.13. The molecule has 0 fully saturated rings. The molecule has 2 heterocycles. The number of H-pyrrole nitrogens is 2. The zero-order chi connectivity index (χ0) is 16.8. The van der Waals surface area contributed by atoms with Gasteiger partial charge in [-0.15, -0.1) is 0 Å². The highest BCUT2D eigenvalue weighted by Crippen LogP contribution is 2.27. The average molecular weight is 322 g/mol. The molecule has 4 rings (SSSR count). The predicted molar refractivity (Wildman–Crippen MR) is 92.4 cm³/mol. The molecule has 2 aromatic carbocycles. The highest BCUT2D eigenvalue weighted by molar-refractivity contribution is 5.86. The molecule has 6 heteroatoms. The number of hydrogen-bond acceptors (Lipinski definition) is 4. The fourth-order valence-electron chi connectivity index (χ4n) is 2.81. The standard InChI is InChI=1S/C18H18N4O2/c1-9(23)17-19-13-5-3-11(7-15(13)21-17)12-4-6-14-16(8-12)22-18(20-14)10(2)24/h3-10,23-24H,1-2H3,(H,19,21)(H,20,22)/t9-,10+. The Morgan fingerprint density at radius 1 is 0.750 bits per heavy atom. The summed E-state index contributed by atoms with van der Waals surface area (Å²) in [7, 11) is 0. The first-order chi connectivity index (χ1) is 11.5. The fraction of sp³-hybridized carbons (Fsp3) is 0.222. The van der Waals surface area contributed by atoms with Crippen molar-refractivity contribution in [2.75, 3.05) is 0 Å². The second-order valence-corrected chi connectivity index (χ2v) is 6.06. The number of nitrogens with zero attached hydrogens (tertiary/aromatic N) is 2. The van der Waals surface area contributed by atoms with E-state index in [4.69, 9.17) is 0 Å². The number of fused-ring (bicyclic) bond motifs is 2. The maximum atomic E-state index is 9.65. The molecule has 2 aromatic heterocycles. The Bertz CT molecular complexity index is 946. The Hall–Kier alpha value is -2.70. The lowest BCUT2D eigenvalue weighted by molar-refractivity contribution is 0.190. The number of aromatic amines is 2. The minimum absolute atomic E-state index is 0.563. The molecular formula is C18H18N4O2. The molecule has 6 nitrogen and oxygen atoms in total. The Morgan fingerprint density at radius 2 is 1.17 bits per heavy atom. The van der Waals surface area contributed by atoms with Crippen LogP contribution in [-0.2, 0) is 0 Å². The summed E-state index contributed by atoms with van der Waals surface area (Å²) in [5.41, 5.74) is 5.51. The molecule has 0 radical (unpaired) electrons. The van der Waals surface area contributed by atoms with E-state index in [1.807, 2.05) is 36.4 Å². The van der Waals surface area contributed by atoms with Crippen LogP contribution in [0.1, 0.15) is 37.7 Å². The maximum absolute atomic E-state index is 9.65. The molecule has 0 saturated carbocycles. The van der Waals surface area contributed by atoms with Crippen molar-refractivity contribution in [1.82, 2.24) is 19.9 Å². The topological polar surface area (TPSA) is 97.8 Å². The number of rotatable bonds is 3. The van der Waals surface area contributed by atoms with Gasteiger partial charge in [0.15, 0.2) is 0 Å².